The largest absolute Gasteiger partial charge is 0.322 e. The normalized spacial score (nSPS) is 10.5. The lowest BCUT2D eigenvalue weighted by molar-refractivity contribution is 0.102. The van der Waals surface area contributed by atoms with E-state index in [-0.39, 0.29) is 5.91 Å². The van der Waals surface area contributed by atoms with E-state index >= 15 is 0 Å². The summed E-state index contributed by atoms with van der Waals surface area (Å²) >= 11 is 3.41. The van der Waals surface area contributed by atoms with Crippen LogP contribution in [0.3, 0.4) is 0 Å². The molecule has 2 rings (SSSR count). The molecule has 0 atom stereocenters. The molecule has 1 N–H and O–H groups in total. The first kappa shape index (κ1) is 13.8. The Morgan fingerprint density at radius 1 is 1.47 bits per heavy atom. The van der Waals surface area contributed by atoms with Gasteiger partial charge in [-0.25, -0.2) is 0 Å². The Balaban J connectivity index is 2.27. The van der Waals surface area contributed by atoms with E-state index in [1.165, 1.54) is 0 Å². The number of nitrogens with one attached hydrogen (secondary N) is 1. The summed E-state index contributed by atoms with van der Waals surface area (Å²) in [6, 6.07) is 5.81. The molecule has 0 bridgehead atoms. The van der Waals surface area contributed by atoms with Crippen molar-refractivity contribution in [3.8, 4) is 0 Å². The Bertz CT molecular complexity index is 619. The van der Waals surface area contributed by atoms with Crippen LogP contribution in [0.25, 0.3) is 0 Å². The van der Waals surface area contributed by atoms with Crippen molar-refractivity contribution in [3.63, 3.8) is 0 Å². The van der Waals surface area contributed by atoms with E-state index in [0.29, 0.717) is 5.56 Å². The van der Waals surface area contributed by atoms with Crippen LogP contribution in [0.2, 0.25) is 0 Å². The molecule has 1 heterocycles. The number of amides is 1. The smallest absolute Gasteiger partial charge is 0.259 e. The number of halogens is 1. The number of anilines is 1. The summed E-state index contributed by atoms with van der Waals surface area (Å²) in [5, 5.41) is 7.21. The van der Waals surface area contributed by atoms with Crippen molar-refractivity contribution in [2.24, 2.45) is 7.05 Å². The Labute approximate surface area is 120 Å². The van der Waals surface area contributed by atoms with Gasteiger partial charge in [0.05, 0.1) is 11.3 Å². The van der Waals surface area contributed by atoms with Gasteiger partial charge < -0.3 is 5.32 Å². The first-order valence-corrected chi connectivity index (χ1v) is 6.90. The Morgan fingerprint density at radius 2 is 2.21 bits per heavy atom. The van der Waals surface area contributed by atoms with Crippen LogP contribution in [0.15, 0.2) is 28.9 Å². The van der Waals surface area contributed by atoms with Crippen LogP contribution < -0.4 is 5.32 Å². The average molecular weight is 322 g/mol. The third-order valence-corrected chi connectivity index (χ3v) is 3.43. The molecular formula is C14H16BrN3O. The number of hydrogen-bond acceptors (Lipinski definition) is 2. The zero-order valence-corrected chi connectivity index (χ0v) is 12.8. The number of rotatable bonds is 3. The van der Waals surface area contributed by atoms with Crippen molar-refractivity contribution in [2.75, 3.05) is 5.32 Å². The van der Waals surface area contributed by atoms with Crippen molar-refractivity contribution in [3.05, 3.63) is 45.7 Å². The van der Waals surface area contributed by atoms with Gasteiger partial charge in [0.25, 0.3) is 5.91 Å². The van der Waals surface area contributed by atoms with E-state index in [2.05, 4.69) is 26.3 Å². The third-order valence-electron chi connectivity index (χ3n) is 2.93. The monoisotopic (exact) mass is 321 g/mol. The van der Waals surface area contributed by atoms with Gasteiger partial charge in [-0.2, -0.15) is 5.10 Å². The van der Waals surface area contributed by atoms with Gasteiger partial charge in [0.15, 0.2) is 0 Å². The van der Waals surface area contributed by atoms with Crippen LogP contribution in [-0.4, -0.2) is 15.7 Å². The highest BCUT2D eigenvalue weighted by atomic mass is 79.9. The zero-order chi connectivity index (χ0) is 14.0. The maximum Gasteiger partial charge on any atom is 0.259 e. The summed E-state index contributed by atoms with van der Waals surface area (Å²) in [5.74, 6) is -0.119. The highest BCUT2D eigenvalue weighted by Crippen LogP contribution is 2.21. The lowest BCUT2D eigenvalue weighted by Crippen LogP contribution is -2.13. The molecule has 0 fully saturated rings. The fraction of sp³-hybridized carbons (Fsp3) is 0.286. The van der Waals surface area contributed by atoms with Crippen molar-refractivity contribution >= 4 is 27.5 Å². The summed E-state index contributed by atoms with van der Waals surface area (Å²) in [5.41, 5.74) is 3.28. The topological polar surface area (TPSA) is 46.9 Å². The molecule has 1 aromatic heterocycles. The van der Waals surface area contributed by atoms with Gasteiger partial charge in [-0.05, 0) is 31.0 Å². The first-order valence-electron chi connectivity index (χ1n) is 6.11. The molecule has 4 nitrogen and oxygen atoms in total. The van der Waals surface area contributed by atoms with Crippen molar-refractivity contribution in [1.29, 1.82) is 0 Å². The molecule has 0 aliphatic heterocycles. The van der Waals surface area contributed by atoms with Gasteiger partial charge in [0.2, 0.25) is 0 Å². The highest BCUT2D eigenvalue weighted by Gasteiger charge is 2.15. The molecule has 1 amide bonds. The summed E-state index contributed by atoms with van der Waals surface area (Å²) in [6.45, 7) is 3.95. The number of benzene rings is 1. The molecular weight excluding hydrogens is 306 g/mol. The zero-order valence-electron chi connectivity index (χ0n) is 11.2. The fourth-order valence-corrected chi connectivity index (χ4v) is 2.26. The van der Waals surface area contributed by atoms with Crippen molar-refractivity contribution in [2.45, 2.75) is 20.3 Å². The molecule has 0 saturated heterocycles. The molecule has 100 valence electrons. The van der Waals surface area contributed by atoms with E-state index in [4.69, 9.17) is 0 Å². The predicted molar refractivity (Wildman–Crippen MR) is 79.4 cm³/mol. The quantitative estimate of drug-likeness (QED) is 0.942. The van der Waals surface area contributed by atoms with Crippen LogP contribution in [0.1, 0.15) is 28.5 Å². The highest BCUT2D eigenvalue weighted by molar-refractivity contribution is 9.10. The van der Waals surface area contributed by atoms with E-state index < -0.39 is 0 Å². The Kier molecular flexibility index (Phi) is 4.04. The van der Waals surface area contributed by atoms with Gasteiger partial charge in [-0.1, -0.05) is 28.9 Å². The second kappa shape index (κ2) is 5.57. The van der Waals surface area contributed by atoms with Gasteiger partial charge in [0, 0.05) is 23.4 Å². The molecule has 0 unspecified atom stereocenters. The molecule has 5 heteroatoms. The number of hydrogen-bond donors (Lipinski definition) is 1. The molecule has 0 spiro atoms. The minimum Gasteiger partial charge on any atom is -0.322 e. The Morgan fingerprint density at radius 3 is 2.89 bits per heavy atom. The van der Waals surface area contributed by atoms with Crippen LogP contribution >= 0.6 is 15.9 Å². The van der Waals surface area contributed by atoms with Gasteiger partial charge >= 0.3 is 0 Å². The molecule has 2 aromatic rings. The predicted octanol–water partition coefficient (Wildman–Crippen LogP) is 3.31. The fourth-order valence-electron chi connectivity index (χ4n) is 1.90. The van der Waals surface area contributed by atoms with Crippen LogP contribution in [0.4, 0.5) is 5.69 Å². The minimum absolute atomic E-state index is 0.119. The lowest BCUT2D eigenvalue weighted by Gasteiger charge is -2.08. The summed E-state index contributed by atoms with van der Waals surface area (Å²) in [7, 11) is 1.82. The van der Waals surface area contributed by atoms with Gasteiger partial charge in [-0.15, -0.1) is 0 Å². The standard InChI is InChI=1S/C14H16BrN3O/c1-4-12-11(8-18(3)17-12)14(19)16-13-7-10(15)6-5-9(13)2/h5-8H,4H2,1-3H3,(H,16,19). The molecule has 0 aliphatic carbocycles. The second-order valence-corrected chi connectivity index (χ2v) is 5.35. The van der Waals surface area contributed by atoms with Gasteiger partial charge in [-0.3, -0.25) is 9.48 Å². The number of carbonyl (C=O) groups excluding carboxylic acids is 1. The van der Waals surface area contributed by atoms with E-state index in [1.54, 1.807) is 10.9 Å². The lowest BCUT2D eigenvalue weighted by atomic mass is 10.1. The number of aryl methyl sites for hydroxylation is 3. The van der Waals surface area contributed by atoms with E-state index in [9.17, 15) is 4.79 Å². The molecule has 1 aromatic carbocycles. The summed E-state index contributed by atoms with van der Waals surface area (Å²) < 4.78 is 2.61. The molecule has 19 heavy (non-hydrogen) atoms. The van der Waals surface area contributed by atoms with E-state index in [0.717, 1.165) is 27.8 Å². The summed E-state index contributed by atoms with van der Waals surface area (Å²) in [6.07, 6.45) is 2.49. The molecule has 0 aliphatic rings. The molecule has 0 saturated carbocycles. The Hall–Kier alpha value is -1.62. The summed E-state index contributed by atoms with van der Waals surface area (Å²) in [4.78, 5) is 12.3. The maximum absolute atomic E-state index is 12.3. The number of aromatic nitrogens is 2. The van der Waals surface area contributed by atoms with E-state index in [1.807, 2.05) is 39.1 Å². The number of carbonyl (C=O) groups is 1. The molecule has 0 radical (unpaired) electrons. The average Bonchev–Trinajstić information content (AvgIpc) is 2.75. The van der Waals surface area contributed by atoms with Crippen molar-refractivity contribution in [1.82, 2.24) is 9.78 Å². The minimum atomic E-state index is -0.119. The maximum atomic E-state index is 12.3. The van der Waals surface area contributed by atoms with Crippen LogP contribution in [0, 0.1) is 6.92 Å². The second-order valence-electron chi connectivity index (χ2n) is 4.43. The van der Waals surface area contributed by atoms with Gasteiger partial charge in [0.1, 0.15) is 0 Å². The SMILES string of the molecule is CCc1nn(C)cc1C(=O)Nc1cc(Br)ccc1C. The van der Waals surface area contributed by atoms with Crippen LogP contribution in [0.5, 0.6) is 0 Å². The first-order chi connectivity index (χ1) is 9.01. The third kappa shape index (κ3) is 3.04. The number of nitrogens with zero attached hydrogens (tertiary/aromatic N) is 2. The van der Waals surface area contributed by atoms with Crippen LogP contribution in [-0.2, 0) is 13.5 Å². The van der Waals surface area contributed by atoms with Crippen molar-refractivity contribution < 1.29 is 4.79 Å².